The van der Waals surface area contributed by atoms with Crippen molar-refractivity contribution in [2.75, 3.05) is 26.2 Å². The summed E-state index contributed by atoms with van der Waals surface area (Å²) in [5.41, 5.74) is 0. The van der Waals surface area contributed by atoms with Crippen molar-refractivity contribution < 1.29 is 9.90 Å². The lowest BCUT2D eigenvalue weighted by Crippen LogP contribution is -2.66. The largest absolute Gasteiger partial charge is 0.480 e. The summed E-state index contributed by atoms with van der Waals surface area (Å²) in [5, 5.41) is 8.88. The molecule has 3 aliphatic heterocycles. The zero-order valence-electron chi connectivity index (χ0n) is 7.23. The van der Waals surface area contributed by atoms with Crippen LogP contribution in [0.4, 0.5) is 0 Å². The Balaban J connectivity index is 2.10. The first-order valence-electron chi connectivity index (χ1n) is 4.39. The summed E-state index contributed by atoms with van der Waals surface area (Å²) in [5.74, 6) is -0.674. The Morgan fingerprint density at radius 3 is 2.42 bits per heavy atom. The molecule has 4 nitrogen and oxygen atoms in total. The highest BCUT2D eigenvalue weighted by Crippen LogP contribution is 2.20. The Kier molecular flexibility index (Phi) is 1.81. The molecule has 0 aromatic heterocycles. The normalized spacial score (nSPS) is 46.1. The molecule has 68 valence electrons. The van der Waals surface area contributed by atoms with Crippen LogP contribution in [0.1, 0.15) is 6.92 Å². The molecule has 0 amide bonds. The highest BCUT2D eigenvalue weighted by atomic mass is 16.4. The second-order valence-corrected chi connectivity index (χ2v) is 3.69. The Labute approximate surface area is 71.8 Å². The summed E-state index contributed by atoms with van der Waals surface area (Å²) < 4.78 is 0. The Morgan fingerprint density at radius 1 is 1.33 bits per heavy atom. The first-order chi connectivity index (χ1) is 5.68. The molecule has 3 fully saturated rings. The van der Waals surface area contributed by atoms with Crippen LogP contribution in [0.2, 0.25) is 0 Å². The second-order valence-electron chi connectivity index (χ2n) is 3.69. The van der Waals surface area contributed by atoms with E-state index in [9.17, 15) is 4.79 Å². The highest BCUT2D eigenvalue weighted by molar-refractivity contribution is 5.74. The number of aliphatic carboxylic acids is 1. The Morgan fingerprint density at radius 2 is 2.00 bits per heavy atom. The van der Waals surface area contributed by atoms with Crippen molar-refractivity contribution >= 4 is 5.97 Å². The summed E-state index contributed by atoms with van der Waals surface area (Å²) in [6, 6.07) is 0.282. The molecule has 0 aliphatic carbocycles. The maximum absolute atomic E-state index is 10.8. The van der Waals surface area contributed by atoms with E-state index >= 15 is 0 Å². The maximum Gasteiger partial charge on any atom is 0.322 e. The number of carboxylic acids is 1. The van der Waals surface area contributed by atoms with Gasteiger partial charge in [0.1, 0.15) is 6.04 Å². The van der Waals surface area contributed by atoms with Gasteiger partial charge in [0.05, 0.1) is 0 Å². The van der Waals surface area contributed by atoms with E-state index in [1.54, 1.807) is 0 Å². The zero-order chi connectivity index (χ0) is 8.72. The maximum atomic E-state index is 10.8. The molecule has 4 atom stereocenters. The third-order valence-corrected chi connectivity index (χ3v) is 2.93. The van der Waals surface area contributed by atoms with Crippen LogP contribution in [0.5, 0.6) is 0 Å². The summed E-state index contributed by atoms with van der Waals surface area (Å²) in [4.78, 5) is 15.1. The van der Waals surface area contributed by atoms with Crippen molar-refractivity contribution in [3.8, 4) is 0 Å². The van der Waals surface area contributed by atoms with Gasteiger partial charge in [0.25, 0.3) is 0 Å². The minimum Gasteiger partial charge on any atom is -0.480 e. The van der Waals surface area contributed by atoms with E-state index in [4.69, 9.17) is 5.11 Å². The minimum atomic E-state index is -0.674. The molecular formula is C8H14N2O2. The molecule has 3 heterocycles. The van der Waals surface area contributed by atoms with Crippen molar-refractivity contribution in [2.45, 2.75) is 19.0 Å². The van der Waals surface area contributed by atoms with Gasteiger partial charge in [0.15, 0.2) is 0 Å². The van der Waals surface area contributed by atoms with Crippen molar-refractivity contribution in [1.29, 1.82) is 0 Å². The molecule has 3 saturated heterocycles. The van der Waals surface area contributed by atoms with Crippen LogP contribution in [-0.2, 0) is 4.79 Å². The number of fused-ring (bicyclic) bond motifs is 3. The molecule has 1 N–H and O–H groups in total. The molecule has 3 rings (SSSR count). The fourth-order valence-electron chi connectivity index (χ4n) is 2.15. The van der Waals surface area contributed by atoms with Gasteiger partial charge >= 0.3 is 5.97 Å². The summed E-state index contributed by atoms with van der Waals surface area (Å²) in [6.07, 6.45) is 0. The van der Waals surface area contributed by atoms with Crippen LogP contribution >= 0.6 is 0 Å². The molecule has 2 bridgehead atoms. The summed E-state index contributed by atoms with van der Waals surface area (Å²) in [7, 11) is 0. The molecule has 4 heteroatoms. The molecule has 12 heavy (non-hydrogen) atoms. The first kappa shape index (κ1) is 8.01. The number of piperazine rings is 3. The number of carboxylic acid groups (broad SMARTS) is 1. The SMILES string of the molecule is C[C@@H]1CN2CCN1C[C@H]2C(=O)O. The van der Waals surface area contributed by atoms with Gasteiger partial charge in [-0.1, -0.05) is 0 Å². The van der Waals surface area contributed by atoms with E-state index in [0.29, 0.717) is 12.6 Å². The molecule has 0 aromatic carbocycles. The van der Waals surface area contributed by atoms with Gasteiger partial charge in [-0.15, -0.1) is 0 Å². The second kappa shape index (κ2) is 2.71. The van der Waals surface area contributed by atoms with Crippen LogP contribution in [0, 0.1) is 0 Å². The third kappa shape index (κ3) is 1.11. The monoisotopic (exact) mass is 170 g/mol. The summed E-state index contributed by atoms with van der Waals surface area (Å²) >= 11 is 0. The minimum absolute atomic E-state index is 0.255. The van der Waals surface area contributed by atoms with Gasteiger partial charge in [-0.3, -0.25) is 14.6 Å². The fourth-order valence-corrected chi connectivity index (χ4v) is 2.15. The van der Waals surface area contributed by atoms with E-state index in [1.165, 1.54) is 0 Å². The molecule has 3 aliphatic rings. The predicted molar refractivity (Wildman–Crippen MR) is 44.0 cm³/mol. The lowest BCUT2D eigenvalue weighted by atomic mass is 10.0. The molecule has 2 unspecified atom stereocenters. The van der Waals surface area contributed by atoms with Crippen LogP contribution in [0.3, 0.4) is 0 Å². The van der Waals surface area contributed by atoms with Crippen molar-refractivity contribution in [2.24, 2.45) is 0 Å². The molecule has 0 saturated carbocycles. The average Bonchev–Trinajstić information content (AvgIpc) is 2.04. The average molecular weight is 170 g/mol. The predicted octanol–water partition coefficient (Wildman–Crippen LogP) is -0.541. The number of hydrogen-bond donors (Lipinski definition) is 1. The van der Waals surface area contributed by atoms with Gasteiger partial charge in [-0.2, -0.15) is 0 Å². The third-order valence-electron chi connectivity index (χ3n) is 2.93. The van der Waals surface area contributed by atoms with E-state index < -0.39 is 5.97 Å². The Bertz CT molecular complexity index is 207. The number of nitrogens with zero attached hydrogens (tertiary/aromatic N) is 2. The molecule has 0 radical (unpaired) electrons. The van der Waals surface area contributed by atoms with Crippen molar-refractivity contribution in [3.05, 3.63) is 0 Å². The van der Waals surface area contributed by atoms with E-state index in [2.05, 4.69) is 16.7 Å². The quantitative estimate of drug-likeness (QED) is 0.574. The van der Waals surface area contributed by atoms with Gasteiger partial charge < -0.3 is 5.11 Å². The molecule has 0 aromatic rings. The smallest absolute Gasteiger partial charge is 0.322 e. The zero-order valence-corrected chi connectivity index (χ0v) is 7.23. The van der Waals surface area contributed by atoms with Gasteiger partial charge in [-0.05, 0) is 6.92 Å². The van der Waals surface area contributed by atoms with E-state index in [0.717, 1.165) is 19.6 Å². The van der Waals surface area contributed by atoms with Gasteiger partial charge in [0, 0.05) is 32.2 Å². The first-order valence-corrected chi connectivity index (χ1v) is 4.39. The number of rotatable bonds is 1. The number of carbonyl (C=O) groups is 1. The summed E-state index contributed by atoms with van der Waals surface area (Å²) in [6.45, 7) is 5.73. The van der Waals surface area contributed by atoms with Crippen LogP contribution in [-0.4, -0.2) is 59.1 Å². The lowest BCUT2D eigenvalue weighted by molar-refractivity contribution is -0.150. The number of hydrogen-bond acceptors (Lipinski definition) is 3. The van der Waals surface area contributed by atoms with Gasteiger partial charge in [-0.25, -0.2) is 0 Å². The standard InChI is InChI=1S/C8H14N2O2/c1-6-4-10-3-2-9(6)5-7(10)8(11)12/h6-7H,2-5H2,1H3,(H,11,12)/t6-,7+/m1/s1. The van der Waals surface area contributed by atoms with Crippen LogP contribution < -0.4 is 0 Å². The van der Waals surface area contributed by atoms with E-state index in [-0.39, 0.29) is 6.04 Å². The van der Waals surface area contributed by atoms with Crippen molar-refractivity contribution in [1.82, 2.24) is 9.80 Å². The highest BCUT2D eigenvalue weighted by Gasteiger charge is 2.39. The topological polar surface area (TPSA) is 43.8 Å². The fraction of sp³-hybridized carbons (Fsp3) is 0.875. The van der Waals surface area contributed by atoms with Crippen molar-refractivity contribution in [3.63, 3.8) is 0 Å². The molecular weight excluding hydrogens is 156 g/mol. The van der Waals surface area contributed by atoms with Crippen LogP contribution in [0.15, 0.2) is 0 Å². The Hall–Kier alpha value is -0.610. The van der Waals surface area contributed by atoms with Crippen LogP contribution in [0.25, 0.3) is 0 Å². The van der Waals surface area contributed by atoms with E-state index in [1.807, 2.05) is 0 Å². The van der Waals surface area contributed by atoms with Gasteiger partial charge in [0.2, 0.25) is 0 Å². The molecule has 0 spiro atoms. The lowest BCUT2D eigenvalue weighted by Gasteiger charge is -2.49.